The molecule has 0 bridgehead atoms. The van der Waals surface area contributed by atoms with E-state index in [1.807, 2.05) is 25.1 Å². The highest BCUT2D eigenvalue weighted by Crippen LogP contribution is 2.38. The molecular formula is C21H21N3O5. The third kappa shape index (κ3) is 4.60. The van der Waals surface area contributed by atoms with Crippen LogP contribution in [0.2, 0.25) is 0 Å². The predicted octanol–water partition coefficient (Wildman–Crippen LogP) is 3.91. The van der Waals surface area contributed by atoms with E-state index >= 15 is 0 Å². The first-order chi connectivity index (χ1) is 14.0. The first kappa shape index (κ1) is 20.1. The number of fused-ring (bicyclic) bond motifs is 1. The molecule has 1 amide bonds. The van der Waals surface area contributed by atoms with Gasteiger partial charge in [-0.05, 0) is 31.5 Å². The fraction of sp³-hybridized carbons (Fsp3) is 0.238. The number of hydrogen-bond donors (Lipinski definition) is 1. The van der Waals surface area contributed by atoms with E-state index in [1.165, 1.54) is 4.57 Å². The Balaban J connectivity index is 1.80. The maximum Gasteiger partial charge on any atom is 0.326 e. The largest absolute Gasteiger partial charge is 0.493 e. The lowest BCUT2D eigenvalue weighted by molar-refractivity contribution is -0.143. The number of azo groups is 1. The minimum Gasteiger partial charge on any atom is -0.493 e. The Hall–Kier alpha value is -3.68. The summed E-state index contributed by atoms with van der Waals surface area (Å²) in [6.07, 6.45) is 0. The van der Waals surface area contributed by atoms with Crippen LogP contribution >= 0.6 is 0 Å². The van der Waals surface area contributed by atoms with Crippen molar-refractivity contribution in [2.45, 2.75) is 20.4 Å². The van der Waals surface area contributed by atoms with Gasteiger partial charge in [-0.25, -0.2) is 0 Å². The smallest absolute Gasteiger partial charge is 0.326 e. The summed E-state index contributed by atoms with van der Waals surface area (Å²) in [7, 11) is 0. The van der Waals surface area contributed by atoms with Crippen molar-refractivity contribution in [1.29, 1.82) is 0 Å². The minimum absolute atomic E-state index is 0.106. The zero-order valence-corrected chi connectivity index (χ0v) is 16.2. The lowest BCUT2D eigenvalue weighted by Gasteiger charge is -2.06. The Labute approximate surface area is 167 Å². The fourth-order valence-electron chi connectivity index (χ4n) is 2.86. The maximum absolute atomic E-state index is 12.1. The number of rotatable bonds is 7. The van der Waals surface area contributed by atoms with Crippen LogP contribution in [0.25, 0.3) is 10.9 Å². The van der Waals surface area contributed by atoms with Crippen molar-refractivity contribution in [3.63, 3.8) is 0 Å². The normalized spacial score (nSPS) is 11.1. The third-order valence-corrected chi connectivity index (χ3v) is 4.22. The van der Waals surface area contributed by atoms with E-state index in [-0.39, 0.29) is 31.3 Å². The molecule has 0 atom stereocenters. The van der Waals surface area contributed by atoms with E-state index in [4.69, 9.17) is 9.47 Å². The van der Waals surface area contributed by atoms with E-state index in [2.05, 4.69) is 10.2 Å². The van der Waals surface area contributed by atoms with Gasteiger partial charge in [-0.15, -0.1) is 10.2 Å². The third-order valence-electron chi connectivity index (χ3n) is 4.22. The number of amides is 1. The number of benzene rings is 2. The Kier molecular flexibility index (Phi) is 6.23. The second kappa shape index (κ2) is 9.01. The van der Waals surface area contributed by atoms with Gasteiger partial charge in [0.1, 0.15) is 12.3 Å². The SMILES string of the molecule is CCOC(=O)Cn1c(O)c(N=NC(=O)COc2ccccc2C)c2ccccc21. The number of esters is 1. The van der Waals surface area contributed by atoms with Gasteiger partial charge in [-0.1, -0.05) is 36.4 Å². The Morgan fingerprint density at radius 2 is 1.83 bits per heavy atom. The van der Waals surface area contributed by atoms with Crippen LogP contribution in [0.5, 0.6) is 11.6 Å². The molecule has 1 heterocycles. The highest BCUT2D eigenvalue weighted by molar-refractivity contribution is 5.96. The molecule has 0 aliphatic carbocycles. The number of nitrogens with zero attached hydrogens (tertiary/aromatic N) is 3. The average molecular weight is 395 g/mol. The highest BCUT2D eigenvalue weighted by atomic mass is 16.5. The van der Waals surface area contributed by atoms with Crippen LogP contribution in [-0.2, 0) is 20.9 Å². The van der Waals surface area contributed by atoms with Crippen molar-refractivity contribution in [2.24, 2.45) is 10.2 Å². The molecule has 1 aromatic heterocycles. The number of aromatic nitrogens is 1. The molecule has 0 saturated heterocycles. The molecular weight excluding hydrogens is 374 g/mol. The standard InChI is InChI=1S/C21H21N3O5/c1-3-28-19(26)12-24-16-10-6-5-9-15(16)20(21(24)27)23-22-18(25)13-29-17-11-7-4-8-14(17)2/h4-11,27H,3,12-13H2,1-2H3. The Morgan fingerprint density at radius 3 is 2.59 bits per heavy atom. The number of carbonyl (C=O) groups excluding carboxylic acids is 2. The minimum atomic E-state index is -0.602. The molecule has 0 aliphatic rings. The van der Waals surface area contributed by atoms with Gasteiger partial charge in [0.05, 0.1) is 12.1 Å². The molecule has 0 radical (unpaired) electrons. The molecule has 0 saturated carbocycles. The van der Waals surface area contributed by atoms with Crippen LogP contribution in [0.15, 0.2) is 58.8 Å². The lowest BCUT2D eigenvalue weighted by atomic mass is 10.2. The molecule has 8 nitrogen and oxygen atoms in total. The van der Waals surface area contributed by atoms with Gasteiger partial charge < -0.3 is 14.6 Å². The first-order valence-electron chi connectivity index (χ1n) is 9.10. The van der Waals surface area contributed by atoms with E-state index in [9.17, 15) is 14.7 Å². The van der Waals surface area contributed by atoms with Gasteiger partial charge in [-0.2, -0.15) is 0 Å². The van der Waals surface area contributed by atoms with Crippen molar-refractivity contribution in [3.05, 3.63) is 54.1 Å². The summed E-state index contributed by atoms with van der Waals surface area (Å²) in [5.41, 5.74) is 1.58. The number of aryl methyl sites for hydroxylation is 1. The number of aromatic hydroxyl groups is 1. The Morgan fingerprint density at radius 1 is 1.10 bits per heavy atom. The van der Waals surface area contributed by atoms with Crippen LogP contribution in [0, 0.1) is 6.92 Å². The second-order valence-electron chi connectivity index (χ2n) is 6.23. The van der Waals surface area contributed by atoms with Gasteiger partial charge in [0, 0.05) is 5.39 Å². The molecule has 3 aromatic rings. The van der Waals surface area contributed by atoms with Crippen molar-refractivity contribution in [2.75, 3.05) is 13.2 Å². The van der Waals surface area contributed by atoms with Crippen LogP contribution in [0.4, 0.5) is 5.69 Å². The van der Waals surface area contributed by atoms with Crippen LogP contribution in [-0.4, -0.2) is 34.8 Å². The summed E-state index contributed by atoms with van der Waals surface area (Å²) >= 11 is 0. The van der Waals surface area contributed by atoms with E-state index in [1.54, 1.807) is 37.3 Å². The van der Waals surface area contributed by atoms with Gasteiger partial charge in [0.15, 0.2) is 12.3 Å². The maximum atomic E-state index is 12.1. The zero-order chi connectivity index (χ0) is 20.8. The van der Waals surface area contributed by atoms with E-state index < -0.39 is 11.9 Å². The van der Waals surface area contributed by atoms with Crippen LogP contribution < -0.4 is 4.74 Å². The summed E-state index contributed by atoms with van der Waals surface area (Å²) in [4.78, 5) is 23.9. The summed E-state index contributed by atoms with van der Waals surface area (Å²) in [5.74, 6) is -0.773. The quantitative estimate of drug-likeness (QED) is 0.483. The monoisotopic (exact) mass is 395 g/mol. The fourth-order valence-corrected chi connectivity index (χ4v) is 2.86. The molecule has 0 spiro atoms. The van der Waals surface area contributed by atoms with E-state index in [0.29, 0.717) is 16.7 Å². The number of hydrogen-bond acceptors (Lipinski definition) is 6. The van der Waals surface area contributed by atoms with Crippen molar-refractivity contribution >= 4 is 28.5 Å². The molecule has 1 N–H and O–H groups in total. The van der Waals surface area contributed by atoms with Gasteiger partial charge in [-0.3, -0.25) is 14.2 Å². The van der Waals surface area contributed by atoms with Crippen molar-refractivity contribution in [1.82, 2.24) is 4.57 Å². The number of ether oxygens (including phenoxy) is 2. The molecule has 150 valence electrons. The predicted molar refractivity (Wildman–Crippen MR) is 106 cm³/mol. The summed E-state index contributed by atoms with van der Waals surface area (Å²) in [5, 5.41) is 18.7. The highest BCUT2D eigenvalue weighted by Gasteiger charge is 2.19. The second-order valence-corrected chi connectivity index (χ2v) is 6.23. The average Bonchev–Trinajstić information content (AvgIpc) is 2.97. The molecule has 0 aliphatic heterocycles. The van der Waals surface area contributed by atoms with Crippen molar-refractivity contribution in [3.8, 4) is 11.6 Å². The van der Waals surface area contributed by atoms with Crippen molar-refractivity contribution < 1.29 is 24.2 Å². The summed E-state index contributed by atoms with van der Waals surface area (Å²) in [6, 6.07) is 14.3. The topological polar surface area (TPSA) is 102 Å². The number of carbonyl (C=O) groups is 2. The molecule has 3 rings (SSSR count). The van der Waals surface area contributed by atoms with Gasteiger partial charge in [0.2, 0.25) is 5.88 Å². The molecule has 0 unspecified atom stereocenters. The van der Waals surface area contributed by atoms with E-state index in [0.717, 1.165) is 5.56 Å². The van der Waals surface area contributed by atoms with Crippen LogP contribution in [0.3, 0.4) is 0 Å². The Bertz CT molecular complexity index is 1070. The van der Waals surface area contributed by atoms with Crippen LogP contribution in [0.1, 0.15) is 12.5 Å². The zero-order valence-electron chi connectivity index (χ0n) is 16.2. The van der Waals surface area contributed by atoms with Gasteiger partial charge >= 0.3 is 11.9 Å². The molecule has 0 fully saturated rings. The molecule has 29 heavy (non-hydrogen) atoms. The lowest BCUT2D eigenvalue weighted by Crippen LogP contribution is -2.12. The van der Waals surface area contributed by atoms with Gasteiger partial charge in [0.25, 0.3) is 0 Å². The summed E-state index contributed by atoms with van der Waals surface area (Å²) in [6.45, 7) is 3.35. The summed E-state index contributed by atoms with van der Waals surface area (Å²) < 4.78 is 11.8. The molecule has 2 aromatic carbocycles. The molecule has 8 heteroatoms. The number of para-hydroxylation sites is 2. The first-order valence-corrected chi connectivity index (χ1v) is 9.10.